The van der Waals surface area contributed by atoms with Crippen molar-refractivity contribution in [1.82, 2.24) is 5.32 Å². The number of carbonyl (C=O) groups excluding carboxylic acids is 2. The molecule has 0 bridgehead atoms. The maximum Gasteiger partial charge on any atom is 0.319 e. The number of piperidine rings is 1. The van der Waals surface area contributed by atoms with Crippen molar-refractivity contribution in [3.8, 4) is 11.1 Å². The third-order valence-electron chi connectivity index (χ3n) is 5.30. The first-order valence-electron chi connectivity index (χ1n) is 10.1. The molecule has 6 nitrogen and oxygen atoms in total. The van der Waals surface area contributed by atoms with Crippen LogP contribution in [0.15, 0.2) is 72.8 Å². The molecule has 0 aliphatic carbocycles. The fraction of sp³-hybridized carbons (Fsp3) is 0.167. The number of anilines is 3. The van der Waals surface area contributed by atoms with Gasteiger partial charge in [0.25, 0.3) is 0 Å². The van der Waals surface area contributed by atoms with E-state index in [2.05, 4.69) is 10.6 Å². The summed E-state index contributed by atoms with van der Waals surface area (Å²) in [4.78, 5) is 27.1. The Bertz CT molecular complexity index is 1080. The van der Waals surface area contributed by atoms with Crippen LogP contribution >= 0.6 is 11.6 Å². The van der Waals surface area contributed by atoms with Crippen LogP contribution in [0.3, 0.4) is 0 Å². The van der Waals surface area contributed by atoms with Crippen LogP contribution < -0.4 is 21.3 Å². The fourth-order valence-electron chi connectivity index (χ4n) is 3.71. The highest BCUT2D eigenvalue weighted by atomic mass is 35.5. The molecule has 0 radical (unpaired) electrons. The van der Waals surface area contributed by atoms with Gasteiger partial charge in [-0.3, -0.25) is 4.79 Å². The third-order valence-corrected chi connectivity index (χ3v) is 5.55. The highest BCUT2D eigenvalue weighted by Gasteiger charge is 2.30. The van der Waals surface area contributed by atoms with Gasteiger partial charge in [0.2, 0.25) is 5.91 Å². The van der Waals surface area contributed by atoms with Crippen LogP contribution in [-0.4, -0.2) is 24.5 Å². The van der Waals surface area contributed by atoms with Gasteiger partial charge in [0.1, 0.15) is 6.04 Å². The summed E-state index contributed by atoms with van der Waals surface area (Å²) in [6.45, 7) is 0.614. The van der Waals surface area contributed by atoms with Gasteiger partial charge in [-0.25, -0.2) is 4.79 Å². The number of amides is 3. The number of benzene rings is 3. The maximum absolute atomic E-state index is 13.0. The number of para-hydroxylation sites is 1. The lowest BCUT2D eigenvalue weighted by Gasteiger charge is -2.32. The molecule has 0 saturated carbocycles. The standard InChI is InChI=1S/C24H23ClN4O2/c25-17-9-11-18(12-10-17)27-24(31)28-22-6-3-15-29(23(22)30)19-13-7-16(8-14-19)20-4-1-2-5-21(20)26/h1-2,4-5,7-14,22H,3,6,15,26H2,(H2,27,28,31)/t22-/m1/s1. The SMILES string of the molecule is Nc1ccccc1-c1ccc(N2CCC[C@@H](NC(=O)Nc3ccc(Cl)cc3)C2=O)cc1. The molecule has 3 aromatic rings. The lowest BCUT2D eigenvalue weighted by atomic mass is 10.0. The minimum absolute atomic E-state index is 0.121. The van der Waals surface area contributed by atoms with Crippen LogP contribution in [-0.2, 0) is 4.79 Å². The van der Waals surface area contributed by atoms with Crippen LogP contribution in [0.4, 0.5) is 21.9 Å². The molecule has 0 spiro atoms. The summed E-state index contributed by atoms with van der Waals surface area (Å²) in [6, 6.07) is 21.2. The molecule has 0 unspecified atom stereocenters. The number of carbonyl (C=O) groups is 2. The summed E-state index contributed by atoms with van der Waals surface area (Å²) >= 11 is 5.86. The molecule has 0 aromatic heterocycles. The Balaban J connectivity index is 1.43. The van der Waals surface area contributed by atoms with Gasteiger partial charge in [-0.1, -0.05) is 41.9 Å². The van der Waals surface area contributed by atoms with Crippen molar-refractivity contribution >= 4 is 40.6 Å². The van der Waals surface area contributed by atoms with Gasteiger partial charge in [0.05, 0.1) is 0 Å². The molecule has 1 aliphatic rings. The number of hydrogen-bond acceptors (Lipinski definition) is 3. The van der Waals surface area contributed by atoms with Gasteiger partial charge in [-0.15, -0.1) is 0 Å². The van der Waals surface area contributed by atoms with Crippen LogP contribution in [0.1, 0.15) is 12.8 Å². The number of urea groups is 1. The normalized spacial score (nSPS) is 16.1. The van der Waals surface area contributed by atoms with Gasteiger partial charge in [0, 0.05) is 34.2 Å². The number of nitrogens with zero attached hydrogens (tertiary/aromatic N) is 1. The second-order valence-electron chi connectivity index (χ2n) is 7.42. The van der Waals surface area contributed by atoms with Crippen molar-refractivity contribution in [3.05, 3.63) is 77.8 Å². The first-order valence-corrected chi connectivity index (χ1v) is 10.5. The van der Waals surface area contributed by atoms with E-state index in [0.717, 1.165) is 23.2 Å². The van der Waals surface area contributed by atoms with Crippen LogP contribution in [0.25, 0.3) is 11.1 Å². The lowest BCUT2D eigenvalue weighted by molar-refractivity contribution is -0.121. The Labute approximate surface area is 186 Å². The number of nitrogens with two attached hydrogens (primary N) is 1. The largest absolute Gasteiger partial charge is 0.398 e. The zero-order chi connectivity index (χ0) is 21.8. The highest BCUT2D eigenvalue weighted by Crippen LogP contribution is 2.29. The Morgan fingerprint density at radius 2 is 1.71 bits per heavy atom. The molecule has 7 heteroatoms. The minimum atomic E-state index is -0.578. The van der Waals surface area contributed by atoms with E-state index >= 15 is 0 Å². The first-order chi connectivity index (χ1) is 15.0. The van der Waals surface area contributed by atoms with Crippen molar-refractivity contribution in [3.63, 3.8) is 0 Å². The lowest BCUT2D eigenvalue weighted by Crippen LogP contribution is -2.53. The van der Waals surface area contributed by atoms with Crippen LogP contribution in [0.2, 0.25) is 5.02 Å². The van der Waals surface area contributed by atoms with E-state index in [0.29, 0.717) is 29.4 Å². The van der Waals surface area contributed by atoms with Crippen molar-refractivity contribution in [2.45, 2.75) is 18.9 Å². The maximum atomic E-state index is 13.0. The van der Waals surface area contributed by atoms with Crippen LogP contribution in [0.5, 0.6) is 0 Å². The molecule has 4 N–H and O–H groups in total. The summed E-state index contributed by atoms with van der Waals surface area (Å²) in [5, 5.41) is 6.10. The van der Waals surface area contributed by atoms with Gasteiger partial charge in [0.15, 0.2) is 0 Å². The van der Waals surface area contributed by atoms with Gasteiger partial charge in [-0.05, 0) is 60.9 Å². The quantitative estimate of drug-likeness (QED) is 0.510. The van der Waals surface area contributed by atoms with E-state index in [1.165, 1.54) is 0 Å². The Morgan fingerprint density at radius 3 is 2.42 bits per heavy atom. The smallest absolute Gasteiger partial charge is 0.319 e. The first kappa shape index (κ1) is 20.8. The average molecular weight is 435 g/mol. The Kier molecular flexibility index (Phi) is 6.09. The number of halogens is 1. The minimum Gasteiger partial charge on any atom is -0.398 e. The molecule has 1 aliphatic heterocycles. The molecule has 3 aromatic carbocycles. The summed E-state index contributed by atoms with van der Waals surface area (Å²) in [5.41, 5.74) is 10.1. The Hall–Kier alpha value is -3.51. The number of nitrogens with one attached hydrogen (secondary N) is 2. The van der Waals surface area contributed by atoms with E-state index in [-0.39, 0.29) is 5.91 Å². The average Bonchev–Trinajstić information content (AvgIpc) is 2.77. The molecule has 158 valence electrons. The molecule has 4 rings (SSSR count). The highest BCUT2D eigenvalue weighted by molar-refractivity contribution is 6.30. The predicted molar refractivity (Wildman–Crippen MR) is 125 cm³/mol. The predicted octanol–water partition coefficient (Wildman–Crippen LogP) is 4.91. The number of hydrogen-bond donors (Lipinski definition) is 3. The van der Waals surface area contributed by atoms with E-state index in [4.69, 9.17) is 17.3 Å². The monoisotopic (exact) mass is 434 g/mol. The summed E-state index contributed by atoms with van der Waals surface area (Å²) < 4.78 is 0. The molecular weight excluding hydrogens is 412 g/mol. The molecule has 3 amide bonds. The van der Waals surface area contributed by atoms with E-state index in [1.54, 1.807) is 29.2 Å². The van der Waals surface area contributed by atoms with Gasteiger partial charge in [-0.2, -0.15) is 0 Å². The third kappa shape index (κ3) is 4.81. The van der Waals surface area contributed by atoms with Crippen molar-refractivity contribution in [2.24, 2.45) is 0 Å². The van der Waals surface area contributed by atoms with Crippen molar-refractivity contribution in [2.75, 3.05) is 22.5 Å². The second-order valence-corrected chi connectivity index (χ2v) is 7.86. The van der Waals surface area contributed by atoms with E-state index in [9.17, 15) is 9.59 Å². The summed E-state index contributed by atoms with van der Waals surface area (Å²) in [6.07, 6.45) is 1.40. The van der Waals surface area contributed by atoms with Crippen molar-refractivity contribution < 1.29 is 9.59 Å². The van der Waals surface area contributed by atoms with Crippen LogP contribution in [0, 0.1) is 0 Å². The second kappa shape index (κ2) is 9.10. The molecule has 1 atom stereocenters. The Morgan fingerprint density at radius 1 is 1.00 bits per heavy atom. The summed E-state index contributed by atoms with van der Waals surface area (Å²) in [7, 11) is 0. The molecule has 1 heterocycles. The number of nitrogen functional groups attached to an aromatic ring is 1. The molecule has 1 saturated heterocycles. The van der Waals surface area contributed by atoms with Gasteiger partial charge >= 0.3 is 6.03 Å². The van der Waals surface area contributed by atoms with Crippen molar-refractivity contribution in [1.29, 1.82) is 0 Å². The van der Waals surface area contributed by atoms with E-state index in [1.807, 2.05) is 48.5 Å². The van der Waals surface area contributed by atoms with E-state index < -0.39 is 12.1 Å². The molecule has 31 heavy (non-hydrogen) atoms. The molecule has 1 fully saturated rings. The zero-order valence-corrected chi connectivity index (χ0v) is 17.6. The summed E-state index contributed by atoms with van der Waals surface area (Å²) in [5.74, 6) is -0.121. The van der Waals surface area contributed by atoms with Gasteiger partial charge < -0.3 is 21.3 Å². The number of rotatable bonds is 4. The zero-order valence-electron chi connectivity index (χ0n) is 16.8. The fourth-order valence-corrected chi connectivity index (χ4v) is 3.83. The molecular formula is C24H23ClN4O2. The topological polar surface area (TPSA) is 87.5 Å².